The highest BCUT2D eigenvalue weighted by molar-refractivity contribution is 5.82. The van der Waals surface area contributed by atoms with Gasteiger partial charge in [-0.1, -0.05) is 13.8 Å². The Morgan fingerprint density at radius 3 is 2.74 bits per heavy atom. The van der Waals surface area contributed by atoms with Crippen molar-refractivity contribution in [3.8, 4) is 0 Å². The molecular weight excluding hydrogens is 288 g/mol. The zero-order valence-corrected chi connectivity index (χ0v) is 15.6. The Kier molecular flexibility index (Phi) is 4.62. The Morgan fingerprint density at radius 1 is 1.30 bits per heavy atom. The first-order valence-corrected chi connectivity index (χ1v) is 9.27. The quantitative estimate of drug-likeness (QED) is 0.637. The fourth-order valence-electron chi connectivity index (χ4n) is 3.98. The summed E-state index contributed by atoms with van der Waals surface area (Å²) in [7, 11) is 0. The highest BCUT2D eigenvalue weighted by Crippen LogP contribution is 2.46. The largest absolute Gasteiger partial charge is 0.373 e. The first-order chi connectivity index (χ1) is 10.8. The molecule has 0 amide bonds. The van der Waals surface area contributed by atoms with E-state index in [0.29, 0.717) is 11.5 Å². The number of rotatable bonds is 3. The third kappa shape index (κ3) is 3.10. The first kappa shape index (κ1) is 17.0. The van der Waals surface area contributed by atoms with Crippen molar-refractivity contribution in [2.75, 3.05) is 39.3 Å². The predicted octanol–water partition coefficient (Wildman–Crippen LogP) is 1.94. The Hall–Kier alpha value is -0.810. The van der Waals surface area contributed by atoms with Crippen molar-refractivity contribution in [3.05, 3.63) is 0 Å². The minimum absolute atomic E-state index is 0.140. The van der Waals surface area contributed by atoms with Crippen LogP contribution in [0.4, 0.5) is 0 Å². The molecule has 3 rings (SSSR count). The molecule has 0 radical (unpaired) electrons. The molecule has 0 aromatic carbocycles. The van der Waals surface area contributed by atoms with Gasteiger partial charge in [-0.3, -0.25) is 9.89 Å². The van der Waals surface area contributed by atoms with Crippen molar-refractivity contribution in [2.45, 2.75) is 65.1 Å². The van der Waals surface area contributed by atoms with Crippen molar-refractivity contribution >= 4 is 5.96 Å². The Balaban J connectivity index is 1.61. The van der Waals surface area contributed by atoms with Crippen molar-refractivity contribution in [1.29, 1.82) is 0 Å². The van der Waals surface area contributed by atoms with Crippen molar-refractivity contribution in [3.63, 3.8) is 0 Å². The summed E-state index contributed by atoms with van der Waals surface area (Å²) >= 11 is 0. The van der Waals surface area contributed by atoms with E-state index in [-0.39, 0.29) is 11.6 Å². The Bertz CT molecular complexity index is 460. The van der Waals surface area contributed by atoms with Gasteiger partial charge in [-0.15, -0.1) is 0 Å². The summed E-state index contributed by atoms with van der Waals surface area (Å²) in [6.45, 7) is 17.3. The standard InChI is InChI=1S/C18H34N4O/c1-6-19-16(22-13-17(2,3)18(22,4)5)20-10-15-11-21-9-7-8-14(21)12-23-15/h14-15H,6-13H2,1-5H3,(H,19,20). The second kappa shape index (κ2) is 6.25. The van der Waals surface area contributed by atoms with Gasteiger partial charge in [0.2, 0.25) is 0 Å². The molecule has 0 aromatic heterocycles. The lowest BCUT2D eigenvalue weighted by Gasteiger charge is -2.62. The molecule has 0 spiro atoms. The number of ether oxygens (including phenoxy) is 1. The average Bonchev–Trinajstić information content (AvgIpc) is 2.97. The van der Waals surface area contributed by atoms with Gasteiger partial charge in [-0.05, 0) is 40.2 Å². The lowest BCUT2D eigenvalue weighted by molar-refractivity contribution is -0.0678. The van der Waals surface area contributed by atoms with Crippen LogP contribution in [0.1, 0.15) is 47.5 Å². The van der Waals surface area contributed by atoms with Crippen LogP contribution in [0, 0.1) is 5.41 Å². The van der Waals surface area contributed by atoms with Crippen molar-refractivity contribution < 1.29 is 4.74 Å². The molecule has 3 saturated heterocycles. The third-order valence-electron chi connectivity index (χ3n) is 6.38. The van der Waals surface area contributed by atoms with Crippen LogP contribution in [0.5, 0.6) is 0 Å². The molecule has 3 fully saturated rings. The summed E-state index contributed by atoms with van der Waals surface area (Å²) < 4.78 is 6.05. The number of nitrogens with one attached hydrogen (secondary N) is 1. The number of nitrogens with zero attached hydrogens (tertiary/aromatic N) is 3. The van der Waals surface area contributed by atoms with Crippen LogP contribution in [-0.2, 0) is 4.74 Å². The van der Waals surface area contributed by atoms with E-state index in [1.165, 1.54) is 19.4 Å². The number of likely N-dealkylation sites (tertiary alicyclic amines) is 1. The van der Waals surface area contributed by atoms with Gasteiger partial charge in [0.05, 0.1) is 19.3 Å². The second-order valence-corrected chi connectivity index (χ2v) is 8.47. The first-order valence-electron chi connectivity index (χ1n) is 9.27. The van der Waals surface area contributed by atoms with Gasteiger partial charge >= 0.3 is 0 Å². The van der Waals surface area contributed by atoms with Crippen LogP contribution < -0.4 is 5.32 Å². The normalized spacial score (nSPS) is 33.3. The lowest BCUT2D eigenvalue weighted by atomic mass is 9.65. The molecule has 0 aliphatic carbocycles. The fourth-order valence-corrected chi connectivity index (χ4v) is 3.98. The highest BCUT2D eigenvalue weighted by Gasteiger charge is 2.53. The number of fused-ring (bicyclic) bond motifs is 1. The van der Waals surface area contributed by atoms with Crippen LogP contribution in [0.25, 0.3) is 0 Å². The highest BCUT2D eigenvalue weighted by atomic mass is 16.5. The van der Waals surface area contributed by atoms with Gasteiger partial charge in [0.15, 0.2) is 5.96 Å². The maximum atomic E-state index is 6.05. The molecule has 0 aromatic rings. The summed E-state index contributed by atoms with van der Waals surface area (Å²) in [5.74, 6) is 1.05. The molecular formula is C18H34N4O. The van der Waals surface area contributed by atoms with Crippen molar-refractivity contribution in [1.82, 2.24) is 15.1 Å². The van der Waals surface area contributed by atoms with Crippen LogP contribution >= 0.6 is 0 Å². The van der Waals surface area contributed by atoms with Crippen molar-refractivity contribution in [2.24, 2.45) is 10.4 Å². The predicted molar refractivity (Wildman–Crippen MR) is 94.9 cm³/mol. The summed E-state index contributed by atoms with van der Waals surface area (Å²) in [6.07, 6.45) is 2.87. The molecule has 2 unspecified atom stereocenters. The van der Waals surface area contributed by atoms with Crippen LogP contribution in [0.2, 0.25) is 0 Å². The number of hydrogen-bond acceptors (Lipinski definition) is 3. The van der Waals surface area contributed by atoms with E-state index in [9.17, 15) is 0 Å². The van der Waals surface area contributed by atoms with Gasteiger partial charge in [0.25, 0.3) is 0 Å². The number of guanidine groups is 1. The second-order valence-electron chi connectivity index (χ2n) is 8.47. The molecule has 1 N–H and O–H groups in total. The molecule has 5 heteroatoms. The SMILES string of the molecule is CCNC(=NCC1CN2CCCC2CO1)N1CC(C)(C)C1(C)C. The van der Waals surface area contributed by atoms with E-state index in [1.807, 2.05) is 0 Å². The van der Waals surface area contributed by atoms with E-state index in [2.05, 4.69) is 49.7 Å². The maximum absolute atomic E-state index is 6.05. The van der Waals surface area contributed by atoms with Crippen LogP contribution in [-0.4, -0.2) is 72.8 Å². The fraction of sp³-hybridized carbons (Fsp3) is 0.944. The molecule has 23 heavy (non-hydrogen) atoms. The number of morpholine rings is 1. The molecule has 3 aliphatic heterocycles. The van der Waals surface area contributed by atoms with E-state index in [0.717, 1.165) is 38.7 Å². The van der Waals surface area contributed by atoms with E-state index < -0.39 is 0 Å². The van der Waals surface area contributed by atoms with E-state index in [1.54, 1.807) is 0 Å². The topological polar surface area (TPSA) is 40.1 Å². The van der Waals surface area contributed by atoms with Gasteiger partial charge in [0, 0.05) is 36.6 Å². The molecule has 3 aliphatic rings. The van der Waals surface area contributed by atoms with E-state index >= 15 is 0 Å². The minimum atomic E-state index is 0.140. The summed E-state index contributed by atoms with van der Waals surface area (Å²) in [5, 5.41) is 3.47. The summed E-state index contributed by atoms with van der Waals surface area (Å²) in [5.41, 5.74) is 0.467. The van der Waals surface area contributed by atoms with Gasteiger partial charge in [-0.2, -0.15) is 0 Å². The zero-order valence-electron chi connectivity index (χ0n) is 15.6. The van der Waals surface area contributed by atoms with Crippen LogP contribution in [0.3, 0.4) is 0 Å². The lowest BCUT2D eigenvalue weighted by Crippen LogP contribution is -2.72. The summed E-state index contributed by atoms with van der Waals surface area (Å²) in [4.78, 5) is 9.92. The average molecular weight is 322 g/mol. The molecule has 132 valence electrons. The maximum Gasteiger partial charge on any atom is 0.194 e. The monoisotopic (exact) mass is 322 g/mol. The zero-order chi connectivity index (χ0) is 16.7. The van der Waals surface area contributed by atoms with Gasteiger partial charge < -0.3 is 15.0 Å². The molecule has 3 heterocycles. The molecule has 0 saturated carbocycles. The number of aliphatic imine (C=N–C) groups is 1. The van der Waals surface area contributed by atoms with Crippen LogP contribution in [0.15, 0.2) is 4.99 Å². The number of hydrogen-bond donors (Lipinski definition) is 1. The molecule has 0 bridgehead atoms. The van der Waals surface area contributed by atoms with Gasteiger partial charge in [0.1, 0.15) is 0 Å². The molecule has 5 nitrogen and oxygen atoms in total. The Labute approximate surface area is 141 Å². The van der Waals surface area contributed by atoms with E-state index in [4.69, 9.17) is 9.73 Å². The smallest absolute Gasteiger partial charge is 0.194 e. The van der Waals surface area contributed by atoms with Gasteiger partial charge in [-0.25, -0.2) is 0 Å². The minimum Gasteiger partial charge on any atom is -0.373 e. The Morgan fingerprint density at radius 2 is 2.09 bits per heavy atom. The summed E-state index contributed by atoms with van der Waals surface area (Å²) in [6, 6.07) is 0.665. The molecule has 2 atom stereocenters. The third-order valence-corrected chi connectivity index (χ3v) is 6.38.